The minimum atomic E-state index is -1.35. The lowest BCUT2D eigenvalue weighted by Gasteiger charge is -2.33. The normalized spacial score (nSPS) is 14.9. The number of anilines is 1. The Kier molecular flexibility index (Phi) is 13.7. The van der Waals surface area contributed by atoms with Crippen LogP contribution in [0.3, 0.4) is 0 Å². The van der Waals surface area contributed by atoms with Crippen molar-refractivity contribution in [1.82, 2.24) is 25.1 Å². The summed E-state index contributed by atoms with van der Waals surface area (Å²) in [4.78, 5) is 60.1. The van der Waals surface area contributed by atoms with Crippen molar-refractivity contribution in [1.29, 1.82) is 0 Å². The SMILES string of the molecule is CC1CCN(C(=O)C(CCCn2cnc(NC(=O)[C@@H](CCCc3ccccc3)NC(=O)C(C)(C)NC(=O)OC(C)(C)C)c2)c2ccc3ccccc3c2)CC1. The molecule has 55 heavy (non-hydrogen) atoms. The summed E-state index contributed by atoms with van der Waals surface area (Å²) < 4.78 is 7.27. The minimum Gasteiger partial charge on any atom is -0.444 e. The van der Waals surface area contributed by atoms with Crippen LogP contribution in [0.5, 0.6) is 0 Å². The van der Waals surface area contributed by atoms with Gasteiger partial charge in [0.05, 0.1) is 12.2 Å². The summed E-state index contributed by atoms with van der Waals surface area (Å²) in [5, 5.41) is 10.6. The van der Waals surface area contributed by atoms with Gasteiger partial charge in [-0.15, -0.1) is 0 Å². The standard InChI is InChI=1S/C44H58N6O5/c1-31-23-26-50(27-24-31)40(52)36(35-22-21-33-17-10-11-18-34(33)28-35)19-13-25-49-29-38(45-30-49)47-39(51)37(20-12-16-32-14-8-7-9-15-32)46-41(53)44(5,6)48-42(54)55-43(2,3)4/h7-11,14-15,17-18,21-22,28-31,36-37H,12-13,16,19-20,23-27H2,1-6H3,(H,46,53)(H,47,51)(H,48,54)/t36?,37-/m1/s1. The Morgan fingerprint density at radius 1 is 0.873 bits per heavy atom. The average molecular weight is 751 g/mol. The maximum atomic E-state index is 14.0. The summed E-state index contributed by atoms with van der Waals surface area (Å²) in [5.74, 6) is 0.00692. The van der Waals surface area contributed by atoms with Crippen LogP contribution in [0.2, 0.25) is 0 Å². The highest BCUT2D eigenvalue weighted by Gasteiger charge is 2.34. The number of carbonyl (C=O) groups excluding carboxylic acids is 4. The van der Waals surface area contributed by atoms with E-state index in [9.17, 15) is 19.2 Å². The molecule has 0 bridgehead atoms. The van der Waals surface area contributed by atoms with Gasteiger partial charge in [-0.1, -0.05) is 79.7 Å². The Bertz CT molecular complexity index is 1910. The number of aryl methyl sites for hydroxylation is 2. The van der Waals surface area contributed by atoms with E-state index in [1.807, 2.05) is 51.9 Å². The van der Waals surface area contributed by atoms with Crippen LogP contribution >= 0.6 is 0 Å². The highest BCUT2D eigenvalue weighted by atomic mass is 16.6. The summed E-state index contributed by atoms with van der Waals surface area (Å²) in [7, 11) is 0. The van der Waals surface area contributed by atoms with Gasteiger partial charge in [0.25, 0.3) is 0 Å². The Balaban J connectivity index is 1.22. The highest BCUT2D eigenvalue weighted by molar-refractivity contribution is 5.98. The van der Waals surface area contributed by atoms with Gasteiger partial charge in [-0.3, -0.25) is 14.4 Å². The first-order valence-electron chi connectivity index (χ1n) is 19.6. The molecule has 3 aromatic carbocycles. The van der Waals surface area contributed by atoms with Crippen LogP contribution in [0.25, 0.3) is 10.8 Å². The first-order valence-corrected chi connectivity index (χ1v) is 19.6. The van der Waals surface area contributed by atoms with Crippen molar-refractivity contribution in [3.8, 4) is 0 Å². The molecule has 0 spiro atoms. The molecule has 2 heterocycles. The van der Waals surface area contributed by atoms with E-state index in [-0.39, 0.29) is 11.8 Å². The number of imidazole rings is 1. The molecule has 1 aliphatic rings. The van der Waals surface area contributed by atoms with Gasteiger partial charge in [0.2, 0.25) is 17.7 Å². The average Bonchev–Trinajstić information content (AvgIpc) is 3.59. The summed E-state index contributed by atoms with van der Waals surface area (Å²) in [6.45, 7) is 12.8. The molecule has 11 nitrogen and oxygen atoms in total. The molecule has 294 valence electrons. The number of hydrogen-bond donors (Lipinski definition) is 3. The third-order valence-electron chi connectivity index (χ3n) is 10.2. The molecule has 0 radical (unpaired) electrons. The maximum absolute atomic E-state index is 14.0. The van der Waals surface area contributed by atoms with Crippen molar-refractivity contribution >= 4 is 40.4 Å². The maximum Gasteiger partial charge on any atom is 0.408 e. The van der Waals surface area contributed by atoms with Crippen molar-refractivity contribution < 1.29 is 23.9 Å². The first-order chi connectivity index (χ1) is 26.2. The Labute approximate surface area is 325 Å². The van der Waals surface area contributed by atoms with Crippen LogP contribution in [-0.2, 0) is 32.1 Å². The van der Waals surface area contributed by atoms with Crippen molar-refractivity contribution in [3.63, 3.8) is 0 Å². The number of alkyl carbamates (subject to hydrolysis) is 1. The van der Waals surface area contributed by atoms with Crippen LogP contribution in [0.4, 0.5) is 10.6 Å². The van der Waals surface area contributed by atoms with Crippen LogP contribution < -0.4 is 16.0 Å². The predicted octanol–water partition coefficient (Wildman–Crippen LogP) is 7.61. The minimum absolute atomic E-state index is 0.186. The van der Waals surface area contributed by atoms with Crippen LogP contribution in [0.1, 0.15) is 97.1 Å². The molecule has 1 aromatic heterocycles. The highest BCUT2D eigenvalue weighted by Crippen LogP contribution is 2.30. The summed E-state index contributed by atoms with van der Waals surface area (Å²) in [5.41, 5.74) is 0.0855. The zero-order valence-corrected chi connectivity index (χ0v) is 33.3. The van der Waals surface area contributed by atoms with Gasteiger partial charge < -0.3 is 30.2 Å². The molecule has 5 rings (SSSR count). The van der Waals surface area contributed by atoms with E-state index in [1.54, 1.807) is 47.1 Å². The Morgan fingerprint density at radius 3 is 2.27 bits per heavy atom. The number of nitrogens with zero attached hydrogens (tertiary/aromatic N) is 3. The predicted molar refractivity (Wildman–Crippen MR) is 217 cm³/mol. The van der Waals surface area contributed by atoms with Crippen LogP contribution in [-0.4, -0.2) is 68.5 Å². The third kappa shape index (κ3) is 12.2. The van der Waals surface area contributed by atoms with Gasteiger partial charge >= 0.3 is 6.09 Å². The summed E-state index contributed by atoms with van der Waals surface area (Å²) >= 11 is 0. The molecular formula is C44H58N6O5. The fourth-order valence-corrected chi connectivity index (χ4v) is 6.92. The summed E-state index contributed by atoms with van der Waals surface area (Å²) in [6, 6.07) is 23.6. The van der Waals surface area contributed by atoms with E-state index in [0.29, 0.717) is 37.5 Å². The first kappa shape index (κ1) is 41.0. The molecule has 1 aliphatic heterocycles. The number of hydrogen-bond acceptors (Lipinski definition) is 6. The van der Waals surface area contributed by atoms with Crippen LogP contribution in [0.15, 0.2) is 85.3 Å². The monoisotopic (exact) mass is 750 g/mol. The molecule has 2 atom stereocenters. The second-order valence-electron chi connectivity index (χ2n) is 16.5. The lowest BCUT2D eigenvalue weighted by atomic mass is 9.89. The molecule has 4 aromatic rings. The van der Waals surface area contributed by atoms with Crippen LogP contribution in [0, 0.1) is 5.92 Å². The number of piperidine rings is 1. The van der Waals surface area contributed by atoms with E-state index < -0.39 is 35.1 Å². The smallest absolute Gasteiger partial charge is 0.408 e. The number of aromatic nitrogens is 2. The number of amides is 4. The van der Waals surface area contributed by atoms with Gasteiger partial charge in [-0.2, -0.15) is 0 Å². The molecule has 4 amide bonds. The van der Waals surface area contributed by atoms with E-state index in [4.69, 9.17) is 4.74 Å². The zero-order chi connectivity index (χ0) is 39.6. The quantitative estimate of drug-likeness (QED) is 0.115. The van der Waals surface area contributed by atoms with Crippen molar-refractivity contribution in [3.05, 3.63) is 96.4 Å². The number of likely N-dealkylation sites (tertiary alicyclic amines) is 1. The van der Waals surface area contributed by atoms with Gasteiger partial charge in [-0.25, -0.2) is 9.78 Å². The fraction of sp³-hybridized carbons (Fsp3) is 0.477. The Morgan fingerprint density at radius 2 is 1.56 bits per heavy atom. The van der Waals surface area contributed by atoms with Crippen molar-refractivity contribution in [2.75, 3.05) is 18.4 Å². The van der Waals surface area contributed by atoms with Crippen molar-refractivity contribution in [2.45, 2.75) is 116 Å². The largest absolute Gasteiger partial charge is 0.444 e. The number of ether oxygens (including phenoxy) is 1. The molecule has 1 saturated heterocycles. The van der Waals surface area contributed by atoms with Crippen molar-refractivity contribution in [2.24, 2.45) is 5.92 Å². The fourth-order valence-electron chi connectivity index (χ4n) is 6.92. The molecule has 1 fully saturated rings. The zero-order valence-electron chi connectivity index (χ0n) is 33.3. The molecule has 3 N–H and O–H groups in total. The van der Waals surface area contributed by atoms with E-state index in [0.717, 1.165) is 60.7 Å². The third-order valence-corrected chi connectivity index (χ3v) is 10.2. The van der Waals surface area contributed by atoms with Gasteiger partial charge in [0.1, 0.15) is 17.2 Å². The number of rotatable bonds is 15. The molecule has 0 aliphatic carbocycles. The number of nitrogens with one attached hydrogen (secondary N) is 3. The molecular weight excluding hydrogens is 693 g/mol. The topological polar surface area (TPSA) is 135 Å². The van der Waals surface area contributed by atoms with E-state index in [2.05, 4.69) is 58.2 Å². The summed E-state index contributed by atoms with van der Waals surface area (Å²) in [6.07, 6.45) is 7.92. The van der Waals surface area contributed by atoms with Gasteiger partial charge in [-0.05, 0) is 107 Å². The number of benzene rings is 3. The Hall–Kier alpha value is -5.19. The number of fused-ring (bicyclic) bond motifs is 1. The molecule has 11 heteroatoms. The van der Waals surface area contributed by atoms with Gasteiger partial charge in [0.15, 0.2) is 5.82 Å². The van der Waals surface area contributed by atoms with E-state index in [1.165, 1.54) is 0 Å². The lowest BCUT2D eigenvalue weighted by Crippen LogP contribution is -2.58. The lowest BCUT2D eigenvalue weighted by molar-refractivity contribution is -0.134. The van der Waals surface area contributed by atoms with E-state index >= 15 is 0 Å². The second kappa shape index (κ2) is 18.4. The molecule has 0 saturated carbocycles. The number of carbonyl (C=O) groups is 4. The second-order valence-corrected chi connectivity index (χ2v) is 16.5. The molecule has 1 unspecified atom stereocenters. The van der Waals surface area contributed by atoms with Gasteiger partial charge in [0, 0.05) is 25.8 Å².